The number of furan rings is 2. The van der Waals surface area contributed by atoms with Crippen LogP contribution in [0.25, 0.3) is 65.4 Å². The van der Waals surface area contributed by atoms with Crippen LogP contribution in [0, 0.1) is 27.7 Å². The van der Waals surface area contributed by atoms with Crippen LogP contribution in [0.3, 0.4) is 0 Å². The molecular weight excluding hydrogens is 925 g/mol. The van der Waals surface area contributed by atoms with E-state index in [4.69, 9.17) is 8.83 Å². The first kappa shape index (κ1) is 50.8. The third-order valence-corrected chi connectivity index (χ3v) is 16.5. The van der Waals surface area contributed by atoms with Gasteiger partial charge in [0, 0.05) is 66.8 Å². The highest BCUT2D eigenvalue weighted by Crippen LogP contribution is 2.50. The average Bonchev–Trinajstić information content (AvgIpc) is 4.13. The van der Waals surface area contributed by atoms with Crippen LogP contribution in [-0.2, 0) is 0 Å². The molecule has 0 unspecified atom stereocenters. The maximum atomic E-state index is 7.28. The molecule has 0 saturated heterocycles. The average molecular weight is 1000 g/mol. The highest BCUT2D eigenvalue weighted by atomic mass is 16.3. The van der Waals surface area contributed by atoms with Gasteiger partial charge < -0.3 is 18.6 Å². The summed E-state index contributed by atoms with van der Waals surface area (Å²) in [6.45, 7) is 36.4. The van der Waals surface area contributed by atoms with Gasteiger partial charge in [-0.1, -0.05) is 144 Å². The molecule has 9 aromatic carbocycles. The van der Waals surface area contributed by atoms with E-state index in [2.05, 4.69) is 254 Å². The van der Waals surface area contributed by atoms with Crippen molar-refractivity contribution >= 4 is 99.5 Å². The van der Waals surface area contributed by atoms with Crippen molar-refractivity contribution in [1.29, 1.82) is 0 Å². The summed E-state index contributed by atoms with van der Waals surface area (Å²) in [5.74, 6) is 1.96. The maximum absolute atomic E-state index is 7.28. The minimum Gasteiger partial charge on any atom is -0.456 e. The fourth-order valence-electron chi connectivity index (χ4n) is 11.9. The standard InChI is InChI=1S/C72H76N2O2/c1-39(2)49-21-17-45(13)61(33-49)73(62-34-50(40(3)4)22-18-46(62)14)57-27-25-53-31-59-65(37-55(53)29-57)75-71-68(44(11)12)70-60-32-54-26-28-58(30-56(54)38-66(60)76-72(70)67(43(9)10)69(59)71)74(63-35-51(41(5)6)23-19-47(63)15)64-36-52(42(7)8)24-20-48(64)16/h17-44H,1-16H3. The van der Waals surface area contributed by atoms with Crippen molar-refractivity contribution in [3.8, 4) is 0 Å². The summed E-state index contributed by atoms with van der Waals surface area (Å²) in [6, 6.07) is 51.1. The fourth-order valence-corrected chi connectivity index (χ4v) is 11.9. The molecule has 0 saturated carbocycles. The number of benzene rings is 9. The van der Waals surface area contributed by atoms with E-state index in [9.17, 15) is 0 Å². The number of hydrogen-bond donors (Lipinski definition) is 0. The van der Waals surface area contributed by atoms with Gasteiger partial charge in [-0.05, 0) is 202 Å². The Morgan fingerprint density at radius 3 is 0.882 bits per heavy atom. The van der Waals surface area contributed by atoms with E-state index in [1.165, 1.54) is 89.2 Å². The van der Waals surface area contributed by atoms with Gasteiger partial charge in [-0.15, -0.1) is 0 Å². The Kier molecular flexibility index (Phi) is 13.0. The summed E-state index contributed by atoms with van der Waals surface area (Å²) < 4.78 is 14.6. The molecule has 11 rings (SSSR count). The Morgan fingerprint density at radius 1 is 0.303 bits per heavy atom. The first-order chi connectivity index (χ1) is 36.3. The second-order valence-corrected chi connectivity index (χ2v) is 24.0. The van der Waals surface area contributed by atoms with Crippen LogP contribution in [-0.4, -0.2) is 0 Å². The Hall–Kier alpha value is -7.30. The van der Waals surface area contributed by atoms with Crippen LogP contribution >= 0.6 is 0 Å². The SMILES string of the molecule is Cc1ccc(C(C)C)cc1N(c1ccc2cc3c(cc2c1)oc1c(C(C)C)c2c(oc4cc5cc(N(c6cc(C(C)C)ccc6C)c6cc(C(C)C)ccc6C)ccc5cc42)c(C(C)C)c13)c1cc(C(C)C)ccc1C. The molecule has 4 nitrogen and oxygen atoms in total. The molecule has 0 spiro atoms. The lowest BCUT2D eigenvalue weighted by Crippen LogP contribution is -2.14. The minimum atomic E-state index is 0.165. The van der Waals surface area contributed by atoms with Crippen molar-refractivity contribution in [1.82, 2.24) is 0 Å². The van der Waals surface area contributed by atoms with Gasteiger partial charge in [0.15, 0.2) is 0 Å². The van der Waals surface area contributed by atoms with Crippen LogP contribution in [0.2, 0.25) is 0 Å². The predicted molar refractivity (Wildman–Crippen MR) is 329 cm³/mol. The number of anilines is 6. The molecule has 2 aromatic heterocycles. The Morgan fingerprint density at radius 2 is 0.605 bits per heavy atom. The molecule has 4 heteroatoms. The number of aryl methyl sites for hydroxylation is 4. The van der Waals surface area contributed by atoms with Gasteiger partial charge in [0.2, 0.25) is 0 Å². The molecule has 0 atom stereocenters. The van der Waals surface area contributed by atoms with Crippen LogP contribution in [0.4, 0.5) is 34.1 Å². The molecule has 0 bridgehead atoms. The third kappa shape index (κ3) is 8.63. The van der Waals surface area contributed by atoms with Crippen molar-refractivity contribution in [2.45, 2.75) is 146 Å². The zero-order valence-electron chi connectivity index (χ0n) is 47.9. The van der Waals surface area contributed by atoms with Crippen LogP contribution in [0.15, 0.2) is 142 Å². The van der Waals surface area contributed by atoms with Crippen molar-refractivity contribution in [2.24, 2.45) is 0 Å². The fraction of sp³-hybridized carbons (Fsp3) is 0.306. The van der Waals surface area contributed by atoms with E-state index in [0.29, 0.717) is 23.7 Å². The monoisotopic (exact) mass is 1000 g/mol. The van der Waals surface area contributed by atoms with Crippen molar-refractivity contribution in [3.63, 3.8) is 0 Å². The normalized spacial score (nSPS) is 12.4. The van der Waals surface area contributed by atoms with Gasteiger partial charge in [-0.2, -0.15) is 0 Å². The highest BCUT2D eigenvalue weighted by Gasteiger charge is 2.29. The highest BCUT2D eigenvalue weighted by molar-refractivity contribution is 6.22. The van der Waals surface area contributed by atoms with Crippen molar-refractivity contribution in [3.05, 3.63) is 189 Å². The number of fused-ring (bicyclic) bond motifs is 8. The molecule has 11 aromatic rings. The minimum absolute atomic E-state index is 0.165. The lowest BCUT2D eigenvalue weighted by Gasteiger charge is -2.30. The molecule has 0 radical (unpaired) electrons. The number of rotatable bonds is 12. The summed E-state index contributed by atoms with van der Waals surface area (Å²) in [4.78, 5) is 4.97. The molecule has 0 amide bonds. The van der Waals surface area contributed by atoms with E-state index < -0.39 is 0 Å². The topological polar surface area (TPSA) is 32.8 Å². The summed E-state index contributed by atoms with van der Waals surface area (Å²) in [7, 11) is 0. The molecule has 0 fully saturated rings. The lowest BCUT2D eigenvalue weighted by atomic mass is 9.87. The Balaban J connectivity index is 1.10. The Labute approximate surface area is 451 Å². The van der Waals surface area contributed by atoms with E-state index in [1.54, 1.807) is 0 Å². The Bertz CT molecular complexity index is 3700. The summed E-state index contributed by atoms with van der Waals surface area (Å²) in [5, 5.41) is 9.23. The molecule has 76 heavy (non-hydrogen) atoms. The van der Waals surface area contributed by atoms with E-state index in [0.717, 1.165) is 66.0 Å². The second kappa shape index (κ2) is 19.4. The van der Waals surface area contributed by atoms with Crippen LogP contribution in [0.5, 0.6) is 0 Å². The zero-order valence-corrected chi connectivity index (χ0v) is 47.9. The van der Waals surface area contributed by atoms with E-state index >= 15 is 0 Å². The lowest BCUT2D eigenvalue weighted by molar-refractivity contribution is 0.649. The van der Waals surface area contributed by atoms with Crippen LogP contribution < -0.4 is 9.80 Å². The van der Waals surface area contributed by atoms with Gasteiger partial charge in [0.05, 0.1) is 0 Å². The summed E-state index contributed by atoms with van der Waals surface area (Å²) >= 11 is 0. The van der Waals surface area contributed by atoms with E-state index in [1.807, 2.05) is 0 Å². The third-order valence-electron chi connectivity index (χ3n) is 16.5. The first-order valence-corrected chi connectivity index (χ1v) is 28.1. The molecular formula is C72H76N2O2. The quantitative estimate of drug-likeness (QED) is 0.122. The smallest absolute Gasteiger partial charge is 0.140 e. The molecule has 0 aliphatic rings. The molecule has 2 heterocycles. The zero-order chi connectivity index (χ0) is 53.8. The maximum Gasteiger partial charge on any atom is 0.140 e. The van der Waals surface area contributed by atoms with Gasteiger partial charge >= 0.3 is 0 Å². The van der Waals surface area contributed by atoms with Gasteiger partial charge in [0.1, 0.15) is 22.3 Å². The van der Waals surface area contributed by atoms with Crippen molar-refractivity contribution in [2.75, 3.05) is 9.80 Å². The largest absolute Gasteiger partial charge is 0.456 e. The first-order valence-electron chi connectivity index (χ1n) is 28.1. The van der Waals surface area contributed by atoms with Gasteiger partial charge in [-0.25, -0.2) is 0 Å². The molecule has 386 valence electrons. The van der Waals surface area contributed by atoms with Crippen molar-refractivity contribution < 1.29 is 8.83 Å². The number of hydrogen-bond acceptors (Lipinski definition) is 4. The molecule has 0 N–H and O–H groups in total. The molecule has 0 aliphatic carbocycles. The number of nitrogens with zero attached hydrogens (tertiary/aromatic N) is 2. The van der Waals surface area contributed by atoms with E-state index in [-0.39, 0.29) is 11.8 Å². The van der Waals surface area contributed by atoms with Gasteiger partial charge in [0.25, 0.3) is 0 Å². The summed E-state index contributed by atoms with van der Waals surface area (Å²) in [6.07, 6.45) is 0. The predicted octanol–water partition coefficient (Wildman–Crippen LogP) is 22.7. The second-order valence-electron chi connectivity index (χ2n) is 24.0. The van der Waals surface area contributed by atoms with Gasteiger partial charge in [-0.3, -0.25) is 0 Å². The van der Waals surface area contributed by atoms with Crippen LogP contribution in [0.1, 0.15) is 174 Å². The molecule has 0 aliphatic heterocycles. The summed E-state index contributed by atoms with van der Waals surface area (Å²) in [5.41, 5.74) is 23.5.